The Bertz CT molecular complexity index is 1090. The first-order chi connectivity index (χ1) is 15.0. The molecule has 0 radical (unpaired) electrons. The average Bonchev–Trinajstić information content (AvgIpc) is 3.22. The van der Waals surface area contributed by atoms with E-state index in [1.165, 1.54) is 12.1 Å². The van der Waals surface area contributed by atoms with Gasteiger partial charge in [0.15, 0.2) is 0 Å². The molecule has 158 valence electrons. The molecule has 2 heterocycles. The van der Waals surface area contributed by atoms with Crippen molar-refractivity contribution in [1.82, 2.24) is 9.88 Å². The van der Waals surface area contributed by atoms with Gasteiger partial charge < -0.3 is 10.6 Å². The summed E-state index contributed by atoms with van der Waals surface area (Å²) in [7, 11) is 0. The van der Waals surface area contributed by atoms with Crippen molar-refractivity contribution in [2.75, 3.05) is 13.1 Å². The fourth-order valence-electron chi connectivity index (χ4n) is 4.26. The van der Waals surface area contributed by atoms with Crippen LogP contribution in [-0.2, 0) is 22.4 Å². The Morgan fingerprint density at radius 2 is 1.74 bits per heavy atom. The summed E-state index contributed by atoms with van der Waals surface area (Å²) in [5, 5.41) is 0. The molecule has 1 aliphatic heterocycles. The number of carbonyl (C=O) groups is 2. The smallest absolute Gasteiger partial charge is 0.227 e. The van der Waals surface area contributed by atoms with E-state index in [2.05, 4.69) is 4.98 Å². The normalized spacial score (nSPS) is 18.2. The van der Waals surface area contributed by atoms with Gasteiger partial charge in [0.1, 0.15) is 5.82 Å². The highest BCUT2D eigenvalue weighted by Gasteiger charge is 2.45. The summed E-state index contributed by atoms with van der Waals surface area (Å²) in [5.74, 6) is -0.816. The van der Waals surface area contributed by atoms with E-state index in [9.17, 15) is 14.0 Å². The molecule has 1 aromatic heterocycles. The van der Waals surface area contributed by atoms with E-state index >= 15 is 0 Å². The minimum absolute atomic E-state index is 0.0860. The highest BCUT2D eigenvalue weighted by molar-refractivity contribution is 5.85. The van der Waals surface area contributed by atoms with Crippen LogP contribution in [0.2, 0.25) is 0 Å². The number of hydrogen-bond donors (Lipinski definition) is 1. The van der Waals surface area contributed by atoms with Crippen LogP contribution in [0.3, 0.4) is 0 Å². The Morgan fingerprint density at radius 1 is 1.03 bits per heavy atom. The number of nitrogens with two attached hydrogens (primary N) is 1. The number of likely N-dealkylation sites (tertiary alicyclic amines) is 1. The van der Waals surface area contributed by atoms with Crippen molar-refractivity contribution in [3.63, 3.8) is 0 Å². The summed E-state index contributed by atoms with van der Waals surface area (Å²) >= 11 is 0. The number of halogens is 1. The number of carbonyl (C=O) groups excluding carboxylic acids is 2. The lowest BCUT2D eigenvalue weighted by Crippen LogP contribution is -2.42. The number of nitrogens with zero attached hydrogens (tertiary/aromatic N) is 2. The van der Waals surface area contributed by atoms with Crippen LogP contribution >= 0.6 is 0 Å². The van der Waals surface area contributed by atoms with Crippen LogP contribution in [0.15, 0.2) is 73.1 Å². The predicted molar refractivity (Wildman–Crippen MR) is 116 cm³/mol. The Balaban J connectivity index is 1.54. The first-order valence-electron chi connectivity index (χ1n) is 10.3. The second-order valence-electron chi connectivity index (χ2n) is 8.08. The van der Waals surface area contributed by atoms with E-state index in [-0.39, 0.29) is 24.7 Å². The topological polar surface area (TPSA) is 76.3 Å². The van der Waals surface area contributed by atoms with Crippen LogP contribution in [0.25, 0.3) is 11.1 Å². The van der Waals surface area contributed by atoms with Gasteiger partial charge >= 0.3 is 0 Å². The second kappa shape index (κ2) is 8.68. The third-order valence-corrected chi connectivity index (χ3v) is 6.04. The van der Waals surface area contributed by atoms with E-state index in [0.29, 0.717) is 19.4 Å². The van der Waals surface area contributed by atoms with Gasteiger partial charge in [-0.1, -0.05) is 36.4 Å². The Hall–Kier alpha value is -3.54. The van der Waals surface area contributed by atoms with E-state index in [4.69, 9.17) is 5.73 Å². The molecular weight excluding hydrogens is 393 g/mol. The van der Waals surface area contributed by atoms with Crippen LogP contribution in [0.1, 0.15) is 17.5 Å². The van der Waals surface area contributed by atoms with E-state index in [1.807, 2.05) is 36.4 Å². The van der Waals surface area contributed by atoms with Crippen molar-refractivity contribution in [3.8, 4) is 11.1 Å². The zero-order valence-corrected chi connectivity index (χ0v) is 17.1. The van der Waals surface area contributed by atoms with Gasteiger partial charge in [-0.3, -0.25) is 14.6 Å². The maximum Gasteiger partial charge on any atom is 0.227 e. The fraction of sp³-hybridized carbons (Fsp3) is 0.240. The number of rotatable bonds is 6. The van der Waals surface area contributed by atoms with E-state index in [0.717, 1.165) is 22.3 Å². The van der Waals surface area contributed by atoms with Crippen molar-refractivity contribution in [2.45, 2.75) is 19.3 Å². The fourth-order valence-corrected chi connectivity index (χ4v) is 4.26. The molecule has 1 saturated heterocycles. The average molecular weight is 417 g/mol. The Morgan fingerprint density at radius 3 is 2.45 bits per heavy atom. The molecule has 3 aromatic rings. The van der Waals surface area contributed by atoms with Crippen LogP contribution in [0, 0.1) is 11.2 Å². The molecule has 31 heavy (non-hydrogen) atoms. The molecule has 2 aromatic carbocycles. The molecule has 6 heteroatoms. The molecule has 0 saturated carbocycles. The quantitative estimate of drug-likeness (QED) is 0.668. The Labute approximate surface area is 180 Å². The third-order valence-electron chi connectivity index (χ3n) is 6.04. The number of pyridine rings is 1. The SMILES string of the molecule is NC(=O)[C@@]1(Cc2ccccc2-c2ccncc2)CCN(C(=O)Cc2ccc(F)cc2)C1. The minimum Gasteiger partial charge on any atom is -0.369 e. The maximum absolute atomic E-state index is 13.1. The monoisotopic (exact) mass is 417 g/mol. The summed E-state index contributed by atoms with van der Waals surface area (Å²) in [5.41, 5.74) is 8.86. The first-order valence-corrected chi connectivity index (χ1v) is 10.3. The lowest BCUT2D eigenvalue weighted by Gasteiger charge is -2.27. The molecule has 0 aliphatic carbocycles. The molecule has 5 nitrogen and oxygen atoms in total. The molecule has 2 amide bonds. The van der Waals surface area contributed by atoms with Gasteiger partial charge in [-0.25, -0.2) is 4.39 Å². The van der Waals surface area contributed by atoms with Crippen LogP contribution < -0.4 is 5.73 Å². The van der Waals surface area contributed by atoms with Crippen LogP contribution in [-0.4, -0.2) is 34.8 Å². The van der Waals surface area contributed by atoms with Crippen molar-refractivity contribution in [2.24, 2.45) is 11.1 Å². The molecule has 4 rings (SSSR count). The number of benzene rings is 2. The molecule has 2 N–H and O–H groups in total. The predicted octanol–water partition coefficient (Wildman–Crippen LogP) is 3.38. The maximum atomic E-state index is 13.1. The summed E-state index contributed by atoms with van der Waals surface area (Å²) in [6, 6.07) is 17.7. The summed E-state index contributed by atoms with van der Waals surface area (Å²) in [6.45, 7) is 0.757. The molecule has 1 aliphatic rings. The largest absolute Gasteiger partial charge is 0.369 e. The van der Waals surface area contributed by atoms with Crippen molar-refractivity contribution >= 4 is 11.8 Å². The second-order valence-corrected chi connectivity index (χ2v) is 8.08. The number of primary amides is 1. The van der Waals surface area contributed by atoms with Gasteiger partial charge in [-0.15, -0.1) is 0 Å². The van der Waals surface area contributed by atoms with Gasteiger partial charge in [-0.2, -0.15) is 0 Å². The van der Waals surface area contributed by atoms with E-state index in [1.54, 1.807) is 29.4 Å². The van der Waals surface area contributed by atoms with Crippen molar-refractivity contribution in [3.05, 3.63) is 90.0 Å². The van der Waals surface area contributed by atoms with Crippen molar-refractivity contribution in [1.29, 1.82) is 0 Å². The number of aromatic nitrogens is 1. The minimum atomic E-state index is -0.818. The summed E-state index contributed by atoms with van der Waals surface area (Å²) in [4.78, 5) is 31.2. The zero-order chi connectivity index (χ0) is 21.8. The molecule has 0 bridgehead atoms. The van der Waals surface area contributed by atoms with Crippen LogP contribution in [0.5, 0.6) is 0 Å². The number of amides is 2. The van der Waals surface area contributed by atoms with Gasteiger partial charge in [-0.05, 0) is 59.4 Å². The molecular formula is C25H24FN3O2. The summed E-state index contributed by atoms with van der Waals surface area (Å²) < 4.78 is 13.1. The lowest BCUT2D eigenvalue weighted by molar-refractivity contribution is -0.131. The van der Waals surface area contributed by atoms with Gasteiger partial charge in [0.05, 0.1) is 11.8 Å². The lowest BCUT2D eigenvalue weighted by atomic mass is 9.78. The van der Waals surface area contributed by atoms with Gasteiger partial charge in [0, 0.05) is 25.5 Å². The highest BCUT2D eigenvalue weighted by Crippen LogP contribution is 2.37. The van der Waals surface area contributed by atoms with Crippen LogP contribution in [0.4, 0.5) is 4.39 Å². The Kier molecular flexibility index (Phi) is 5.80. The van der Waals surface area contributed by atoms with Gasteiger partial charge in [0.25, 0.3) is 0 Å². The highest BCUT2D eigenvalue weighted by atomic mass is 19.1. The molecule has 1 atom stereocenters. The van der Waals surface area contributed by atoms with E-state index < -0.39 is 11.3 Å². The molecule has 0 unspecified atom stereocenters. The third kappa shape index (κ3) is 4.48. The first kappa shape index (κ1) is 20.7. The molecule has 0 spiro atoms. The standard InChI is InChI=1S/C25H24FN3O2/c26-21-7-5-18(6-8-21)15-23(30)29-14-11-25(17-29,24(27)31)16-20-3-1-2-4-22(20)19-9-12-28-13-10-19/h1-10,12-13H,11,14-17H2,(H2,27,31)/t25-/m1/s1. The zero-order valence-electron chi connectivity index (χ0n) is 17.1. The van der Waals surface area contributed by atoms with Crippen molar-refractivity contribution < 1.29 is 14.0 Å². The summed E-state index contributed by atoms with van der Waals surface area (Å²) in [6.07, 6.45) is 4.62. The van der Waals surface area contributed by atoms with Gasteiger partial charge in [0.2, 0.25) is 11.8 Å². The molecule has 1 fully saturated rings. The number of hydrogen-bond acceptors (Lipinski definition) is 3.